The van der Waals surface area contributed by atoms with E-state index in [0.717, 1.165) is 45.3 Å². The Balaban J connectivity index is 1.45. The highest BCUT2D eigenvalue weighted by Gasteiger charge is 2.31. The van der Waals surface area contributed by atoms with Crippen molar-refractivity contribution in [3.63, 3.8) is 0 Å². The van der Waals surface area contributed by atoms with Crippen molar-refractivity contribution < 1.29 is 9.66 Å². The van der Waals surface area contributed by atoms with E-state index in [9.17, 15) is 10.1 Å². The fraction of sp³-hybridized carbons (Fsp3) is 0.524. The van der Waals surface area contributed by atoms with E-state index in [4.69, 9.17) is 4.74 Å². The van der Waals surface area contributed by atoms with Crippen LogP contribution in [0.1, 0.15) is 37.7 Å². The predicted molar refractivity (Wildman–Crippen MR) is 110 cm³/mol. The van der Waals surface area contributed by atoms with Crippen LogP contribution in [0.2, 0.25) is 0 Å². The van der Waals surface area contributed by atoms with Gasteiger partial charge >= 0.3 is 5.69 Å². The Morgan fingerprint density at radius 3 is 2.45 bits per heavy atom. The molecule has 1 aliphatic heterocycles. The zero-order valence-corrected chi connectivity index (χ0v) is 16.6. The van der Waals surface area contributed by atoms with Gasteiger partial charge in [0.2, 0.25) is 5.82 Å². The third-order valence-electron chi connectivity index (χ3n) is 5.70. The van der Waals surface area contributed by atoms with Crippen molar-refractivity contribution in [3.8, 4) is 5.88 Å². The van der Waals surface area contributed by atoms with Crippen LogP contribution in [0.3, 0.4) is 0 Å². The minimum atomic E-state index is -0.399. The maximum Gasteiger partial charge on any atom is 0.372 e. The van der Waals surface area contributed by atoms with Crippen LogP contribution in [-0.2, 0) is 6.54 Å². The number of piperazine rings is 1. The van der Waals surface area contributed by atoms with Crippen LogP contribution >= 0.6 is 0 Å². The molecule has 0 spiro atoms. The monoisotopic (exact) mass is 397 g/mol. The molecule has 4 rings (SSSR count). The Labute approximate surface area is 170 Å². The Morgan fingerprint density at radius 1 is 1.03 bits per heavy atom. The van der Waals surface area contributed by atoms with Crippen molar-refractivity contribution in [1.82, 2.24) is 14.9 Å². The van der Waals surface area contributed by atoms with Gasteiger partial charge in [0.15, 0.2) is 0 Å². The minimum Gasteiger partial charge on any atom is -0.469 e. The van der Waals surface area contributed by atoms with Crippen LogP contribution in [0.5, 0.6) is 5.88 Å². The SMILES string of the molecule is O=[N+]([O-])c1c(OC2CCCCC2)ncnc1N1CCN(Cc2ccccc2)CC1. The number of nitro groups is 1. The Hall–Kier alpha value is -2.74. The molecule has 0 atom stereocenters. The number of hydrogen-bond donors (Lipinski definition) is 0. The fourth-order valence-corrected chi connectivity index (χ4v) is 4.13. The van der Waals surface area contributed by atoms with Crippen LogP contribution < -0.4 is 9.64 Å². The van der Waals surface area contributed by atoms with Crippen LogP contribution in [0.15, 0.2) is 36.7 Å². The molecule has 0 amide bonds. The molecule has 154 valence electrons. The van der Waals surface area contributed by atoms with Gasteiger partial charge in [-0.2, -0.15) is 4.98 Å². The summed E-state index contributed by atoms with van der Waals surface area (Å²) in [5.41, 5.74) is 1.17. The number of ether oxygens (including phenoxy) is 1. The molecule has 8 nitrogen and oxygen atoms in total. The Kier molecular flexibility index (Phi) is 6.19. The van der Waals surface area contributed by atoms with Gasteiger partial charge in [0.05, 0.1) is 4.92 Å². The van der Waals surface area contributed by atoms with E-state index >= 15 is 0 Å². The van der Waals surface area contributed by atoms with Crippen molar-refractivity contribution in [2.75, 3.05) is 31.1 Å². The summed E-state index contributed by atoms with van der Waals surface area (Å²) in [4.78, 5) is 24.2. The van der Waals surface area contributed by atoms with E-state index < -0.39 is 4.92 Å². The number of aromatic nitrogens is 2. The molecule has 0 bridgehead atoms. The fourth-order valence-electron chi connectivity index (χ4n) is 4.13. The van der Waals surface area contributed by atoms with Gasteiger partial charge in [-0.05, 0) is 31.2 Å². The van der Waals surface area contributed by atoms with Crippen LogP contribution in [0.25, 0.3) is 0 Å². The molecule has 29 heavy (non-hydrogen) atoms. The molecule has 2 aromatic rings. The zero-order valence-electron chi connectivity index (χ0n) is 16.6. The first-order chi connectivity index (χ1) is 14.2. The van der Waals surface area contributed by atoms with Gasteiger partial charge in [-0.3, -0.25) is 15.0 Å². The average Bonchev–Trinajstić information content (AvgIpc) is 2.75. The lowest BCUT2D eigenvalue weighted by Gasteiger charge is -2.35. The van der Waals surface area contributed by atoms with Gasteiger partial charge in [-0.15, -0.1) is 0 Å². The quantitative estimate of drug-likeness (QED) is 0.545. The van der Waals surface area contributed by atoms with Gasteiger partial charge in [0.1, 0.15) is 12.4 Å². The van der Waals surface area contributed by atoms with Gasteiger partial charge in [-0.1, -0.05) is 36.8 Å². The molecule has 1 saturated heterocycles. The topological polar surface area (TPSA) is 84.6 Å². The third-order valence-corrected chi connectivity index (χ3v) is 5.70. The number of hydrogen-bond acceptors (Lipinski definition) is 7. The summed E-state index contributed by atoms with van der Waals surface area (Å²) in [6.07, 6.45) is 6.64. The molecule has 8 heteroatoms. The highest BCUT2D eigenvalue weighted by molar-refractivity contribution is 5.63. The van der Waals surface area contributed by atoms with Crippen LogP contribution in [-0.4, -0.2) is 52.1 Å². The predicted octanol–water partition coefficient (Wildman–Crippen LogP) is 3.42. The van der Waals surface area contributed by atoms with Gasteiger partial charge < -0.3 is 9.64 Å². The smallest absolute Gasteiger partial charge is 0.372 e. The average molecular weight is 397 g/mol. The first-order valence-corrected chi connectivity index (χ1v) is 10.4. The summed E-state index contributed by atoms with van der Waals surface area (Å²) in [7, 11) is 0. The third kappa shape index (κ3) is 4.82. The maximum absolute atomic E-state index is 11.8. The van der Waals surface area contributed by atoms with E-state index in [2.05, 4.69) is 27.0 Å². The normalized spacial score (nSPS) is 18.6. The summed E-state index contributed by atoms with van der Waals surface area (Å²) >= 11 is 0. The molecular formula is C21H27N5O3. The highest BCUT2D eigenvalue weighted by atomic mass is 16.6. The second-order valence-corrected chi connectivity index (χ2v) is 7.73. The molecule has 0 N–H and O–H groups in total. The summed E-state index contributed by atoms with van der Waals surface area (Å²) in [5, 5.41) is 11.8. The van der Waals surface area contributed by atoms with Crippen LogP contribution in [0, 0.1) is 10.1 Å². The standard InChI is InChI=1S/C21H27N5O3/c27-26(28)19-20(22-16-23-21(19)29-18-9-5-2-6-10-18)25-13-11-24(12-14-25)15-17-7-3-1-4-8-17/h1,3-4,7-8,16,18H,2,5-6,9-15H2. The van der Waals surface area contributed by atoms with Crippen LogP contribution in [0.4, 0.5) is 11.5 Å². The van der Waals surface area contributed by atoms with Gasteiger partial charge in [0.25, 0.3) is 5.88 Å². The van der Waals surface area contributed by atoms with Gasteiger partial charge in [0, 0.05) is 32.7 Å². The Bertz CT molecular complexity index is 818. The summed E-state index contributed by atoms with van der Waals surface area (Å²) in [5.74, 6) is 0.480. The molecule has 1 saturated carbocycles. The van der Waals surface area contributed by atoms with Crippen molar-refractivity contribution in [3.05, 3.63) is 52.3 Å². The van der Waals surface area contributed by atoms with E-state index in [0.29, 0.717) is 18.9 Å². The molecule has 2 fully saturated rings. The summed E-state index contributed by atoms with van der Waals surface area (Å²) < 4.78 is 5.95. The lowest BCUT2D eigenvalue weighted by molar-refractivity contribution is -0.385. The Morgan fingerprint density at radius 2 is 1.76 bits per heavy atom. The van der Waals surface area contributed by atoms with Crippen molar-refractivity contribution >= 4 is 11.5 Å². The lowest BCUT2D eigenvalue weighted by Crippen LogP contribution is -2.46. The molecule has 0 radical (unpaired) electrons. The number of benzene rings is 1. The van der Waals surface area contributed by atoms with Crippen molar-refractivity contribution in [2.24, 2.45) is 0 Å². The molecule has 2 heterocycles. The molecular weight excluding hydrogens is 370 g/mol. The van der Waals surface area contributed by atoms with E-state index in [1.54, 1.807) is 0 Å². The van der Waals surface area contributed by atoms with E-state index in [-0.39, 0.29) is 17.7 Å². The first kappa shape index (κ1) is 19.6. The largest absolute Gasteiger partial charge is 0.469 e. The van der Waals surface area contributed by atoms with Gasteiger partial charge in [-0.25, -0.2) is 4.98 Å². The lowest BCUT2D eigenvalue weighted by atomic mass is 9.98. The van der Waals surface area contributed by atoms with E-state index in [1.807, 2.05) is 23.1 Å². The number of anilines is 1. The second-order valence-electron chi connectivity index (χ2n) is 7.73. The zero-order chi connectivity index (χ0) is 20.1. The highest BCUT2D eigenvalue weighted by Crippen LogP contribution is 2.35. The molecule has 2 aliphatic rings. The molecule has 1 aromatic heterocycles. The second kappa shape index (κ2) is 9.17. The number of rotatable bonds is 6. The number of nitrogens with zero attached hydrogens (tertiary/aromatic N) is 5. The van der Waals surface area contributed by atoms with Crippen molar-refractivity contribution in [2.45, 2.75) is 44.8 Å². The maximum atomic E-state index is 11.8. The molecule has 1 aromatic carbocycles. The summed E-state index contributed by atoms with van der Waals surface area (Å²) in [6, 6.07) is 10.4. The summed E-state index contributed by atoms with van der Waals surface area (Å²) in [6.45, 7) is 3.92. The van der Waals surface area contributed by atoms with E-state index in [1.165, 1.54) is 18.3 Å². The molecule has 0 unspecified atom stereocenters. The minimum absolute atomic E-state index is 0.00733. The molecule has 1 aliphatic carbocycles. The van der Waals surface area contributed by atoms with Crippen molar-refractivity contribution in [1.29, 1.82) is 0 Å². The first-order valence-electron chi connectivity index (χ1n) is 10.4.